The van der Waals surface area contributed by atoms with Crippen molar-refractivity contribution in [3.8, 4) is 0 Å². The first kappa shape index (κ1) is 21.9. The molecular formula is C19H21Cl2N3O4S. The van der Waals surface area contributed by atoms with Gasteiger partial charge >= 0.3 is 0 Å². The Morgan fingerprint density at radius 2 is 1.79 bits per heavy atom. The molecule has 0 bridgehead atoms. The average Bonchev–Trinajstić information content (AvgIpc) is 2.68. The number of carbonyl (C=O) groups excluding carboxylic acids is 1. The molecule has 1 aliphatic heterocycles. The number of halogens is 2. The van der Waals surface area contributed by atoms with Gasteiger partial charge in [-0.1, -0.05) is 23.2 Å². The van der Waals surface area contributed by atoms with Crippen molar-refractivity contribution >= 4 is 50.5 Å². The zero-order valence-corrected chi connectivity index (χ0v) is 18.3. The van der Waals surface area contributed by atoms with Crippen LogP contribution in [0.4, 0.5) is 11.4 Å². The Morgan fingerprint density at radius 3 is 2.45 bits per heavy atom. The summed E-state index contributed by atoms with van der Waals surface area (Å²) in [6.45, 7) is 2.54. The third-order valence-electron chi connectivity index (χ3n) is 4.52. The minimum atomic E-state index is -3.70. The molecule has 1 aliphatic rings. The predicted octanol–water partition coefficient (Wildman–Crippen LogP) is 3.33. The van der Waals surface area contributed by atoms with Gasteiger partial charge in [-0.2, -0.15) is 0 Å². The highest BCUT2D eigenvalue weighted by atomic mass is 35.5. The number of rotatable bonds is 5. The fourth-order valence-corrected chi connectivity index (χ4v) is 4.23. The molecule has 0 aromatic heterocycles. The van der Waals surface area contributed by atoms with Gasteiger partial charge in [0.15, 0.2) is 0 Å². The maximum atomic E-state index is 12.9. The molecule has 1 N–H and O–H groups in total. The molecule has 2 aromatic carbocycles. The molecule has 1 fully saturated rings. The smallest absolute Gasteiger partial charge is 0.257 e. The number of nitrogens with one attached hydrogen (secondary N) is 1. The van der Waals surface area contributed by atoms with Crippen molar-refractivity contribution in [2.45, 2.75) is 4.90 Å². The van der Waals surface area contributed by atoms with Gasteiger partial charge < -0.3 is 15.0 Å². The quantitative estimate of drug-likeness (QED) is 0.744. The van der Waals surface area contributed by atoms with Crippen molar-refractivity contribution in [3.63, 3.8) is 0 Å². The molecule has 0 atom stereocenters. The van der Waals surface area contributed by atoms with Crippen molar-refractivity contribution in [2.24, 2.45) is 0 Å². The van der Waals surface area contributed by atoms with E-state index in [-0.39, 0.29) is 15.5 Å². The van der Waals surface area contributed by atoms with E-state index in [0.717, 1.165) is 9.99 Å². The first-order chi connectivity index (χ1) is 13.7. The maximum Gasteiger partial charge on any atom is 0.257 e. The lowest BCUT2D eigenvalue weighted by molar-refractivity contribution is 0.102. The normalized spacial score (nSPS) is 14.9. The molecule has 1 saturated heterocycles. The molecule has 2 aromatic rings. The fraction of sp³-hybridized carbons (Fsp3) is 0.316. The third-order valence-corrected chi connectivity index (χ3v) is 6.90. The van der Waals surface area contributed by atoms with Crippen LogP contribution in [0.3, 0.4) is 0 Å². The van der Waals surface area contributed by atoms with Gasteiger partial charge in [-0.15, -0.1) is 0 Å². The number of amides is 1. The van der Waals surface area contributed by atoms with Crippen molar-refractivity contribution in [1.29, 1.82) is 0 Å². The van der Waals surface area contributed by atoms with Gasteiger partial charge in [0.2, 0.25) is 10.0 Å². The molecule has 1 heterocycles. The van der Waals surface area contributed by atoms with Gasteiger partial charge in [-0.25, -0.2) is 12.7 Å². The third kappa shape index (κ3) is 4.84. The minimum Gasteiger partial charge on any atom is -0.378 e. The van der Waals surface area contributed by atoms with E-state index in [1.54, 1.807) is 12.1 Å². The van der Waals surface area contributed by atoms with Gasteiger partial charge in [0, 0.05) is 32.2 Å². The van der Waals surface area contributed by atoms with Crippen LogP contribution in [0.2, 0.25) is 10.0 Å². The Morgan fingerprint density at radius 1 is 1.10 bits per heavy atom. The molecule has 0 unspecified atom stereocenters. The van der Waals surface area contributed by atoms with Crippen LogP contribution >= 0.6 is 23.2 Å². The summed E-state index contributed by atoms with van der Waals surface area (Å²) >= 11 is 12.3. The van der Waals surface area contributed by atoms with Gasteiger partial charge in [-0.3, -0.25) is 4.79 Å². The molecule has 0 aliphatic carbocycles. The highest BCUT2D eigenvalue weighted by molar-refractivity contribution is 7.89. The summed E-state index contributed by atoms with van der Waals surface area (Å²) in [4.78, 5) is 15.0. The molecule has 0 spiro atoms. The summed E-state index contributed by atoms with van der Waals surface area (Å²) < 4.78 is 31.3. The van der Waals surface area contributed by atoms with E-state index in [4.69, 9.17) is 27.9 Å². The monoisotopic (exact) mass is 457 g/mol. The molecule has 1 amide bonds. The van der Waals surface area contributed by atoms with Gasteiger partial charge in [0.1, 0.15) is 0 Å². The van der Waals surface area contributed by atoms with E-state index in [1.165, 1.54) is 32.3 Å². The summed E-state index contributed by atoms with van der Waals surface area (Å²) in [5.74, 6) is -0.525. The minimum absolute atomic E-state index is 0.0171. The van der Waals surface area contributed by atoms with E-state index < -0.39 is 15.9 Å². The number of hydrogen-bond acceptors (Lipinski definition) is 5. The fourth-order valence-electron chi connectivity index (χ4n) is 2.93. The highest BCUT2D eigenvalue weighted by Crippen LogP contribution is 2.31. The Kier molecular flexibility index (Phi) is 6.70. The number of anilines is 2. The van der Waals surface area contributed by atoms with Crippen molar-refractivity contribution in [3.05, 3.63) is 52.0 Å². The average molecular weight is 458 g/mol. The van der Waals surface area contributed by atoms with Crippen LogP contribution < -0.4 is 10.2 Å². The van der Waals surface area contributed by atoms with Crippen LogP contribution in [0.15, 0.2) is 41.3 Å². The second-order valence-electron chi connectivity index (χ2n) is 6.64. The summed E-state index contributed by atoms with van der Waals surface area (Å²) in [7, 11) is -0.861. The topological polar surface area (TPSA) is 79.0 Å². The molecule has 0 radical (unpaired) electrons. The Hall–Kier alpha value is -1.84. The number of benzene rings is 2. The van der Waals surface area contributed by atoms with Gasteiger partial charge in [0.25, 0.3) is 5.91 Å². The molecule has 156 valence electrons. The molecular weight excluding hydrogens is 437 g/mol. The van der Waals surface area contributed by atoms with Crippen LogP contribution in [0.25, 0.3) is 0 Å². The van der Waals surface area contributed by atoms with Crippen LogP contribution in [-0.2, 0) is 14.8 Å². The molecule has 29 heavy (non-hydrogen) atoms. The Bertz CT molecular complexity index is 1020. The number of ether oxygens (including phenoxy) is 1. The van der Waals surface area contributed by atoms with Crippen molar-refractivity contribution in [1.82, 2.24) is 4.31 Å². The number of sulfonamides is 1. The van der Waals surface area contributed by atoms with Gasteiger partial charge in [0.05, 0.1) is 40.1 Å². The zero-order valence-electron chi connectivity index (χ0n) is 16.0. The lowest BCUT2D eigenvalue weighted by Crippen LogP contribution is -2.36. The van der Waals surface area contributed by atoms with Crippen LogP contribution in [0.1, 0.15) is 10.4 Å². The van der Waals surface area contributed by atoms with Crippen LogP contribution in [0, 0.1) is 0 Å². The lowest BCUT2D eigenvalue weighted by atomic mass is 10.2. The van der Waals surface area contributed by atoms with Gasteiger partial charge in [-0.05, 0) is 36.4 Å². The number of morpholine rings is 1. The predicted molar refractivity (Wildman–Crippen MR) is 115 cm³/mol. The second-order valence-corrected chi connectivity index (χ2v) is 9.64. The van der Waals surface area contributed by atoms with Crippen molar-refractivity contribution < 1.29 is 17.9 Å². The van der Waals surface area contributed by atoms with E-state index >= 15 is 0 Å². The summed E-state index contributed by atoms with van der Waals surface area (Å²) in [5, 5.41) is 3.43. The number of hydrogen-bond donors (Lipinski definition) is 1. The van der Waals surface area contributed by atoms with Crippen LogP contribution in [-0.4, -0.2) is 59.0 Å². The molecule has 7 nitrogen and oxygen atoms in total. The molecule has 0 saturated carbocycles. The lowest BCUT2D eigenvalue weighted by Gasteiger charge is -2.30. The Balaban J connectivity index is 1.94. The summed E-state index contributed by atoms with van der Waals surface area (Å²) in [6, 6.07) is 9.27. The SMILES string of the molecule is CN(C)S(=O)(=O)c1ccc(Cl)c(C(=O)Nc2cc(Cl)ccc2N2CCOCC2)c1. The van der Waals surface area contributed by atoms with E-state index in [1.807, 2.05) is 6.07 Å². The second kappa shape index (κ2) is 8.89. The van der Waals surface area contributed by atoms with E-state index in [2.05, 4.69) is 10.2 Å². The number of nitrogens with zero attached hydrogens (tertiary/aromatic N) is 2. The van der Waals surface area contributed by atoms with E-state index in [0.29, 0.717) is 37.0 Å². The zero-order chi connectivity index (χ0) is 21.2. The Labute approximate surface area is 180 Å². The van der Waals surface area contributed by atoms with Crippen LogP contribution in [0.5, 0.6) is 0 Å². The number of carbonyl (C=O) groups is 1. The standard InChI is InChI=1S/C19H21Cl2N3O4S/c1-23(2)29(26,27)14-4-5-16(21)15(12-14)19(25)22-17-11-13(20)3-6-18(17)24-7-9-28-10-8-24/h3-6,11-12H,7-10H2,1-2H3,(H,22,25). The summed E-state index contributed by atoms with van der Waals surface area (Å²) in [5.41, 5.74) is 1.38. The first-order valence-electron chi connectivity index (χ1n) is 8.86. The van der Waals surface area contributed by atoms with E-state index in [9.17, 15) is 13.2 Å². The molecule has 3 rings (SSSR count). The molecule has 10 heteroatoms. The maximum absolute atomic E-state index is 12.9. The summed E-state index contributed by atoms with van der Waals surface area (Å²) in [6.07, 6.45) is 0. The largest absolute Gasteiger partial charge is 0.378 e. The highest BCUT2D eigenvalue weighted by Gasteiger charge is 2.22. The van der Waals surface area contributed by atoms with Crippen molar-refractivity contribution in [2.75, 3.05) is 50.6 Å². The first-order valence-corrected chi connectivity index (χ1v) is 11.1.